The molecule has 0 aliphatic rings. The van der Waals surface area contributed by atoms with Gasteiger partial charge in [-0.1, -0.05) is 0 Å². The maximum atomic E-state index is 14.3. The number of hydrogen-bond acceptors (Lipinski definition) is 3. The predicted molar refractivity (Wildman–Crippen MR) is 93.3 cm³/mol. The maximum Gasteiger partial charge on any atom is 0.319 e. The van der Waals surface area contributed by atoms with Gasteiger partial charge in [-0.3, -0.25) is 0 Å². The third-order valence-corrected chi connectivity index (χ3v) is 3.52. The number of carbonyl (C=O) groups is 1. The molecule has 0 aliphatic heterocycles. The average Bonchev–Trinajstić information content (AvgIpc) is 2.97. The molecule has 2 rings (SSSR count). The van der Waals surface area contributed by atoms with Gasteiger partial charge in [0.05, 0.1) is 12.2 Å². The van der Waals surface area contributed by atoms with Crippen molar-refractivity contribution in [3.63, 3.8) is 0 Å². The first-order chi connectivity index (χ1) is 11.5. The fourth-order valence-electron chi connectivity index (χ4n) is 2.16. The van der Waals surface area contributed by atoms with E-state index in [9.17, 15) is 9.18 Å². The van der Waals surface area contributed by atoms with Crippen molar-refractivity contribution in [1.82, 2.24) is 19.8 Å². The molecule has 6 nitrogen and oxygen atoms in total. The van der Waals surface area contributed by atoms with E-state index in [1.807, 2.05) is 23.6 Å². The van der Waals surface area contributed by atoms with Gasteiger partial charge in [-0.25, -0.2) is 14.2 Å². The van der Waals surface area contributed by atoms with E-state index in [1.165, 1.54) is 12.1 Å². The van der Waals surface area contributed by atoms with E-state index in [2.05, 4.69) is 15.6 Å². The molecule has 1 aromatic heterocycles. The highest BCUT2D eigenvalue weighted by Gasteiger charge is 2.11. The number of aromatic nitrogens is 2. The molecule has 130 valence electrons. The molecule has 0 saturated heterocycles. The number of nitrogens with zero attached hydrogens (tertiary/aromatic N) is 3. The van der Waals surface area contributed by atoms with E-state index in [0.29, 0.717) is 31.1 Å². The number of halogens is 2. The van der Waals surface area contributed by atoms with Crippen LogP contribution in [0.4, 0.5) is 14.9 Å². The molecule has 0 spiro atoms. The highest BCUT2D eigenvalue weighted by molar-refractivity contribution is 6.17. The number of hydrogen-bond donors (Lipinski definition) is 2. The van der Waals surface area contributed by atoms with Crippen LogP contribution in [0.15, 0.2) is 30.6 Å². The van der Waals surface area contributed by atoms with Gasteiger partial charge < -0.3 is 20.1 Å². The number of anilines is 1. The number of benzene rings is 1. The minimum atomic E-state index is -0.510. The molecular formula is C16H21ClFN5O. The number of carbonyl (C=O) groups excluding carboxylic acids is 1. The van der Waals surface area contributed by atoms with Gasteiger partial charge in [0, 0.05) is 36.6 Å². The normalized spacial score (nSPS) is 10.9. The Morgan fingerprint density at radius 2 is 2.21 bits per heavy atom. The van der Waals surface area contributed by atoms with Gasteiger partial charge in [0.15, 0.2) is 0 Å². The maximum absolute atomic E-state index is 14.3. The van der Waals surface area contributed by atoms with Crippen LogP contribution in [0.1, 0.15) is 12.2 Å². The molecular weight excluding hydrogens is 333 g/mol. The van der Waals surface area contributed by atoms with Gasteiger partial charge in [-0.05, 0) is 32.6 Å². The molecule has 0 fully saturated rings. The van der Waals surface area contributed by atoms with Crippen LogP contribution in [0, 0.1) is 5.82 Å². The lowest BCUT2D eigenvalue weighted by molar-refractivity contribution is 0.252. The molecule has 1 heterocycles. The Balaban J connectivity index is 2.10. The average molecular weight is 354 g/mol. The summed E-state index contributed by atoms with van der Waals surface area (Å²) in [5.74, 6) is 0.757. The van der Waals surface area contributed by atoms with Crippen LogP contribution >= 0.6 is 11.6 Å². The van der Waals surface area contributed by atoms with E-state index in [1.54, 1.807) is 18.5 Å². The smallest absolute Gasteiger partial charge is 0.319 e. The zero-order chi connectivity index (χ0) is 17.5. The lowest BCUT2D eigenvalue weighted by atomic mass is 10.2. The molecule has 0 bridgehead atoms. The number of urea groups is 1. The van der Waals surface area contributed by atoms with Crippen molar-refractivity contribution in [3.05, 3.63) is 42.2 Å². The Bertz CT molecular complexity index is 689. The van der Waals surface area contributed by atoms with Gasteiger partial charge in [0.2, 0.25) is 0 Å². The van der Waals surface area contributed by atoms with E-state index in [4.69, 9.17) is 11.6 Å². The summed E-state index contributed by atoms with van der Waals surface area (Å²) in [6.07, 6.45) is 4.11. The largest absolute Gasteiger partial charge is 0.338 e. The summed E-state index contributed by atoms with van der Waals surface area (Å²) in [7, 11) is 3.88. The third kappa shape index (κ3) is 4.94. The topological polar surface area (TPSA) is 62.2 Å². The van der Waals surface area contributed by atoms with E-state index in [0.717, 1.165) is 5.82 Å². The van der Waals surface area contributed by atoms with Gasteiger partial charge in [0.1, 0.15) is 11.6 Å². The highest BCUT2D eigenvalue weighted by atomic mass is 35.5. The molecule has 0 aliphatic carbocycles. The summed E-state index contributed by atoms with van der Waals surface area (Å²) in [5, 5.41) is 5.10. The number of nitrogens with one attached hydrogen (secondary N) is 2. The fourth-order valence-corrected chi connectivity index (χ4v) is 2.29. The molecule has 0 atom stereocenters. The molecule has 2 amide bonds. The van der Waals surface area contributed by atoms with Crippen molar-refractivity contribution in [2.24, 2.45) is 0 Å². The Morgan fingerprint density at radius 3 is 2.88 bits per heavy atom. The second-order valence-electron chi connectivity index (χ2n) is 5.54. The number of imidazole rings is 1. The van der Waals surface area contributed by atoms with Crippen LogP contribution in [-0.2, 0) is 6.54 Å². The first kappa shape index (κ1) is 18.2. The molecule has 2 aromatic rings. The van der Waals surface area contributed by atoms with Crippen molar-refractivity contribution < 1.29 is 9.18 Å². The van der Waals surface area contributed by atoms with Crippen molar-refractivity contribution in [2.75, 3.05) is 31.8 Å². The van der Waals surface area contributed by atoms with Gasteiger partial charge in [-0.2, -0.15) is 0 Å². The molecule has 1 aromatic carbocycles. The van der Waals surface area contributed by atoms with Crippen molar-refractivity contribution in [2.45, 2.75) is 13.0 Å². The third-order valence-electron chi connectivity index (χ3n) is 3.25. The summed E-state index contributed by atoms with van der Waals surface area (Å²) < 4.78 is 16.1. The molecule has 8 heteroatoms. The minimum absolute atomic E-state index is 0.122. The van der Waals surface area contributed by atoms with Gasteiger partial charge in [-0.15, -0.1) is 11.6 Å². The van der Waals surface area contributed by atoms with Crippen molar-refractivity contribution in [3.8, 4) is 5.69 Å². The van der Waals surface area contributed by atoms with Crippen LogP contribution in [0.5, 0.6) is 0 Å². The van der Waals surface area contributed by atoms with Crippen LogP contribution in [0.25, 0.3) is 5.69 Å². The summed E-state index contributed by atoms with van der Waals surface area (Å²) in [4.78, 5) is 17.9. The Hall–Kier alpha value is -2.12. The van der Waals surface area contributed by atoms with Crippen molar-refractivity contribution >= 4 is 23.3 Å². The second-order valence-corrected chi connectivity index (χ2v) is 5.92. The lowest BCUT2D eigenvalue weighted by Crippen LogP contribution is -2.30. The zero-order valence-corrected chi connectivity index (χ0v) is 14.5. The van der Waals surface area contributed by atoms with Crippen LogP contribution < -0.4 is 10.6 Å². The quantitative estimate of drug-likeness (QED) is 0.594. The first-order valence-electron chi connectivity index (χ1n) is 7.59. The second kappa shape index (κ2) is 8.65. The Kier molecular flexibility index (Phi) is 6.57. The lowest BCUT2D eigenvalue weighted by Gasteiger charge is -2.13. The first-order valence-corrected chi connectivity index (χ1v) is 8.12. The summed E-state index contributed by atoms with van der Waals surface area (Å²) in [6, 6.07) is 4.18. The number of amides is 2. The van der Waals surface area contributed by atoms with Gasteiger partial charge in [0.25, 0.3) is 0 Å². The number of rotatable bonds is 7. The summed E-state index contributed by atoms with van der Waals surface area (Å²) in [6.45, 7) is 1.08. The molecule has 2 N–H and O–H groups in total. The standard InChI is InChI=1S/C16H21ClFN5O/c1-22(2)11-15-19-8-9-23(15)12-4-5-14(13(18)10-12)21-16(24)20-7-3-6-17/h4-5,8-10H,3,6-7,11H2,1-2H3,(H2,20,21,24). The van der Waals surface area contributed by atoms with Crippen molar-refractivity contribution in [1.29, 1.82) is 0 Å². The molecule has 0 saturated carbocycles. The summed E-state index contributed by atoms with van der Waals surface area (Å²) >= 11 is 5.54. The predicted octanol–water partition coefficient (Wildman–Crippen LogP) is 2.82. The number of alkyl halides is 1. The van der Waals surface area contributed by atoms with E-state index >= 15 is 0 Å². The molecule has 24 heavy (non-hydrogen) atoms. The minimum Gasteiger partial charge on any atom is -0.338 e. The van der Waals surface area contributed by atoms with Gasteiger partial charge >= 0.3 is 6.03 Å². The van der Waals surface area contributed by atoms with Crippen LogP contribution in [0.3, 0.4) is 0 Å². The zero-order valence-electron chi connectivity index (χ0n) is 13.7. The van der Waals surface area contributed by atoms with E-state index < -0.39 is 11.8 Å². The highest BCUT2D eigenvalue weighted by Crippen LogP contribution is 2.19. The van der Waals surface area contributed by atoms with Crippen LogP contribution in [-0.4, -0.2) is 47.0 Å². The summed E-state index contributed by atoms with van der Waals surface area (Å²) in [5.41, 5.74) is 0.770. The van der Waals surface area contributed by atoms with Crippen LogP contribution in [0.2, 0.25) is 0 Å². The Labute approximate surface area is 145 Å². The monoisotopic (exact) mass is 353 g/mol. The van der Waals surface area contributed by atoms with E-state index in [-0.39, 0.29) is 5.69 Å². The SMILES string of the molecule is CN(C)Cc1nccn1-c1ccc(NC(=O)NCCCCl)c(F)c1. The fraction of sp³-hybridized carbons (Fsp3) is 0.375. The molecule has 0 radical (unpaired) electrons. The Morgan fingerprint density at radius 1 is 1.42 bits per heavy atom. The molecule has 0 unspecified atom stereocenters.